The smallest absolute Gasteiger partial charge is 0.238 e. The SMILES string of the molecule is Cc1ccccc1C1NCC(=O)N1CCCN(C)C. The van der Waals surface area contributed by atoms with Gasteiger partial charge < -0.3 is 9.80 Å². The zero-order valence-electron chi connectivity index (χ0n) is 12.0. The summed E-state index contributed by atoms with van der Waals surface area (Å²) in [4.78, 5) is 16.1. The van der Waals surface area contributed by atoms with Crippen molar-refractivity contribution in [2.75, 3.05) is 33.7 Å². The molecule has 1 heterocycles. The van der Waals surface area contributed by atoms with E-state index in [1.54, 1.807) is 0 Å². The average molecular weight is 261 g/mol. The fourth-order valence-electron chi connectivity index (χ4n) is 2.52. The largest absolute Gasteiger partial charge is 0.322 e. The predicted octanol–water partition coefficient (Wildman–Crippen LogP) is 1.38. The van der Waals surface area contributed by atoms with E-state index in [1.165, 1.54) is 11.1 Å². The lowest BCUT2D eigenvalue weighted by Gasteiger charge is -2.26. The van der Waals surface area contributed by atoms with Crippen LogP contribution in [0.3, 0.4) is 0 Å². The molecule has 0 bridgehead atoms. The van der Waals surface area contributed by atoms with Crippen molar-refractivity contribution >= 4 is 5.91 Å². The molecular weight excluding hydrogens is 238 g/mol. The Hall–Kier alpha value is -1.39. The Morgan fingerprint density at radius 3 is 2.79 bits per heavy atom. The lowest BCUT2D eigenvalue weighted by Crippen LogP contribution is -2.33. The van der Waals surface area contributed by atoms with Crippen LogP contribution in [0.5, 0.6) is 0 Å². The molecule has 0 saturated carbocycles. The molecule has 1 amide bonds. The highest BCUT2D eigenvalue weighted by atomic mass is 16.2. The van der Waals surface area contributed by atoms with Gasteiger partial charge in [0.2, 0.25) is 5.91 Å². The highest BCUT2D eigenvalue weighted by molar-refractivity contribution is 5.81. The maximum absolute atomic E-state index is 12.0. The van der Waals surface area contributed by atoms with Crippen LogP contribution >= 0.6 is 0 Å². The van der Waals surface area contributed by atoms with Gasteiger partial charge in [0.05, 0.1) is 6.54 Å². The van der Waals surface area contributed by atoms with Crippen LogP contribution in [-0.4, -0.2) is 49.4 Å². The number of hydrogen-bond acceptors (Lipinski definition) is 3. The van der Waals surface area contributed by atoms with E-state index in [4.69, 9.17) is 0 Å². The number of aryl methyl sites for hydroxylation is 1. The summed E-state index contributed by atoms with van der Waals surface area (Å²) in [5.74, 6) is 0.201. The van der Waals surface area contributed by atoms with Gasteiger partial charge in [-0.3, -0.25) is 10.1 Å². The highest BCUT2D eigenvalue weighted by Gasteiger charge is 2.31. The minimum Gasteiger partial charge on any atom is -0.322 e. The number of nitrogens with zero attached hydrogens (tertiary/aromatic N) is 2. The molecule has 2 rings (SSSR count). The van der Waals surface area contributed by atoms with Gasteiger partial charge in [-0.1, -0.05) is 24.3 Å². The van der Waals surface area contributed by atoms with Crippen molar-refractivity contribution in [2.24, 2.45) is 0 Å². The number of nitrogens with one attached hydrogen (secondary N) is 1. The molecule has 0 aromatic heterocycles. The Morgan fingerprint density at radius 2 is 2.11 bits per heavy atom. The summed E-state index contributed by atoms with van der Waals surface area (Å²) in [5, 5.41) is 3.31. The molecule has 0 radical (unpaired) electrons. The van der Waals surface area contributed by atoms with Crippen LogP contribution in [0.4, 0.5) is 0 Å². The van der Waals surface area contributed by atoms with Crippen LogP contribution in [0.1, 0.15) is 23.7 Å². The van der Waals surface area contributed by atoms with Crippen molar-refractivity contribution in [1.82, 2.24) is 15.1 Å². The number of carbonyl (C=O) groups excluding carboxylic acids is 1. The third kappa shape index (κ3) is 3.33. The Bertz CT molecular complexity index is 445. The fraction of sp³-hybridized carbons (Fsp3) is 0.533. The van der Waals surface area contributed by atoms with E-state index in [9.17, 15) is 4.79 Å². The summed E-state index contributed by atoms with van der Waals surface area (Å²) in [7, 11) is 4.12. The summed E-state index contributed by atoms with van der Waals surface area (Å²) in [6, 6.07) is 8.26. The molecule has 104 valence electrons. The van der Waals surface area contributed by atoms with Gasteiger partial charge in [-0.25, -0.2) is 0 Å². The molecule has 1 aliphatic heterocycles. The van der Waals surface area contributed by atoms with E-state index >= 15 is 0 Å². The van der Waals surface area contributed by atoms with Crippen molar-refractivity contribution in [3.63, 3.8) is 0 Å². The standard InChI is InChI=1S/C15H23N3O/c1-12-7-4-5-8-13(12)15-16-11-14(19)18(15)10-6-9-17(2)3/h4-5,7-8,15-16H,6,9-11H2,1-3H3. The molecule has 0 spiro atoms. The van der Waals surface area contributed by atoms with Gasteiger partial charge in [-0.15, -0.1) is 0 Å². The van der Waals surface area contributed by atoms with Gasteiger partial charge in [0.1, 0.15) is 6.17 Å². The van der Waals surface area contributed by atoms with E-state index in [1.807, 2.05) is 17.0 Å². The summed E-state index contributed by atoms with van der Waals surface area (Å²) in [6.07, 6.45) is 1.04. The van der Waals surface area contributed by atoms with E-state index in [0.717, 1.165) is 19.5 Å². The second-order valence-electron chi connectivity index (χ2n) is 5.38. The van der Waals surface area contributed by atoms with Gasteiger partial charge in [0.15, 0.2) is 0 Å². The molecule has 19 heavy (non-hydrogen) atoms. The Kier molecular flexibility index (Phi) is 4.56. The second-order valence-corrected chi connectivity index (χ2v) is 5.38. The molecule has 1 aromatic rings. The van der Waals surface area contributed by atoms with Crippen LogP contribution in [0.15, 0.2) is 24.3 Å². The van der Waals surface area contributed by atoms with Crippen LogP contribution < -0.4 is 5.32 Å². The number of hydrogen-bond donors (Lipinski definition) is 1. The van der Waals surface area contributed by atoms with Gasteiger partial charge in [0, 0.05) is 6.54 Å². The molecule has 1 fully saturated rings. The maximum atomic E-state index is 12.0. The molecule has 1 N–H and O–H groups in total. The number of amides is 1. The molecule has 1 aromatic carbocycles. The normalized spacial score (nSPS) is 19.5. The second kappa shape index (κ2) is 6.17. The average Bonchev–Trinajstić information content (AvgIpc) is 2.72. The molecule has 1 atom stereocenters. The van der Waals surface area contributed by atoms with Crippen molar-refractivity contribution in [3.05, 3.63) is 35.4 Å². The first kappa shape index (κ1) is 14.0. The zero-order valence-corrected chi connectivity index (χ0v) is 12.0. The van der Waals surface area contributed by atoms with Crippen LogP contribution in [-0.2, 0) is 4.79 Å². The first-order valence-electron chi connectivity index (χ1n) is 6.82. The Labute approximate surface area is 115 Å². The van der Waals surface area contributed by atoms with Gasteiger partial charge >= 0.3 is 0 Å². The van der Waals surface area contributed by atoms with Crippen LogP contribution in [0.25, 0.3) is 0 Å². The summed E-state index contributed by atoms with van der Waals surface area (Å²) >= 11 is 0. The van der Waals surface area contributed by atoms with E-state index in [-0.39, 0.29) is 12.1 Å². The van der Waals surface area contributed by atoms with Crippen LogP contribution in [0.2, 0.25) is 0 Å². The highest BCUT2D eigenvalue weighted by Crippen LogP contribution is 2.25. The van der Waals surface area contributed by atoms with Gasteiger partial charge in [-0.2, -0.15) is 0 Å². The van der Waals surface area contributed by atoms with Crippen molar-refractivity contribution in [1.29, 1.82) is 0 Å². The quantitative estimate of drug-likeness (QED) is 0.870. The monoisotopic (exact) mass is 261 g/mol. The molecule has 1 unspecified atom stereocenters. The third-order valence-electron chi connectivity index (χ3n) is 3.57. The van der Waals surface area contributed by atoms with Crippen molar-refractivity contribution in [2.45, 2.75) is 19.5 Å². The van der Waals surface area contributed by atoms with Gasteiger partial charge in [0.25, 0.3) is 0 Å². The zero-order chi connectivity index (χ0) is 13.8. The summed E-state index contributed by atoms with van der Waals surface area (Å²) in [5.41, 5.74) is 2.44. The maximum Gasteiger partial charge on any atom is 0.238 e. The van der Waals surface area contributed by atoms with Crippen molar-refractivity contribution in [3.8, 4) is 0 Å². The van der Waals surface area contributed by atoms with Crippen molar-refractivity contribution < 1.29 is 4.79 Å². The van der Waals surface area contributed by atoms with E-state index in [2.05, 4.69) is 43.4 Å². The lowest BCUT2D eigenvalue weighted by atomic mass is 10.1. The molecule has 4 heteroatoms. The topological polar surface area (TPSA) is 35.6 Å². The summed E-state index contributed by atoms with van der Waals surface area (Å²) < 4.78 is 0. The minimum absolute atomic E-state index is 0.0378. The first-order chi connectivity index (χ1) is 9.09. The number of rotatable bonds is 5. The molecule has 4 nitrogen and oxygen atoms in total. The third-order valence-corrected chi connectivity index (χ3v) is 3.57. The molecular formula is C15H23N3O. The lowest BCUT2D eigenvalue weighted by molar-refractivity contribution is -0.128. The van der Waals surface area contributed by atoms with Crippen LogP contribution in [0, 0.1) is 6.92 Å². The first-order valence-corrected chi connectivity index (χ1v) is 6.82. The van der Waals surface area contributed by atoms with Gasteiger partial charge in [-0.05, 0) is 45.1 Å². The Morgan fingerprint density at radius 1 is 1.37 bits per heavy atom. The number of carbonyl (C=O) groups is 1. The molecule has 1 aliphatic rings. The minimum atomic E-state index is 0.0378. The number of benzene rings is 1. The predicted molar refractivity (Wildman–Crippen MR) is 76.8 cm³/mol. The Balaban J connectivity index is 2.07. The molecule has 0 aliphatic carbocycles. The fourth-order valence-corrected chi connectivity index (χ4v) is 2.52. The molecule has 1 saturated heterocycles. The van der Waals surface area contributed by atoms with E-state index < -0.39 is 0 Å². The summed E-state index contributed by atoms with van der Waals surface area (Å²) in [6.45, 7) is 4.35. The van der Waals surface area contributed by atoms with E-state index in [0.29, 0.717) is 6.54 Å².